The largest absolute Gasteiger partial charge is 0.351 e. The van der Waals surface area contributed by atoms with Crippen molar-refractivity contribution >= 4 is 46.6 Å². The third-order valence-corrected chi connectivity index (χ3v) is 5.19. The number of halogens is 1. The fourth-order valence-corrected chi connectivity index (χ4v) is 3.48. The topological polar surface area (TPSA) is 64.1 Å². The number of fused-ring (bicyclic) bond motifs is 1. The molecule has 1 fully saturated rings. The van der Waals surface area contributed by atoms with Crippen LogP contribution in [0.3, 0.4) is 0 Å². The van der Waals surface area contributed by atoms with Gasteiger partial charge < -0.3 is 15.1 Å². The number of carbonyl (C=O) groups excluding carboxylic acids is 1. The van der Waals surface area contributed by atoms with E-state index in [9.17, 15) is 4.79 Å². The number of rotatable bonds is 5. The summed E-state index contributed by atoms with van der Waals surface area (Å²) in [6, 6.07) is 10.3. The molecule has 0 atom stereocenters. The van der Waals surface area contributed by atoms with Crippen molar-refractivity contribution in [2.24, 2.45) is 4.99 Å². The number of benzene rings is 1. The molecule has 0 saturated carbocycles. The Morgan fingerprint density at radius 2 is 1.90 bits per heavy atom. The van der Waals surface area contributed by atoms with Gasteiger partial charge in [-0.05, 0) is 11.5 Å². The van der Waals surface area contributed by atoms with Gasteiger partial charge in [-0.15, -0.1) is 24.0 Å². The van der Waals surface area contributed by atoms with Crippen molar-refractivity contribution in [2.45, 2.75) is 13.0 Å². The van der Waals surface area contributed by atoms with Gasteiger partial charge in [0.15, 0.2) is 5.96 Å². The van der Waals surface area contributed by atoms with Crippen molar-refractivity contribution in [3.63, 3.8) is 0 Å². The highest BCUT2D eigenvalue weighted by Crippen LogP contribution is 2.16. The molecule has 8 heteroatoms. The number of hydrogen-bond donors (Lipinski definition) is 1. The summed E-state index contributed by atoms with van der Waals surface area (Å²) < 4.78 is 0. The van der Waals surface area contributed by atoms with Gasteiger partial charge in [0, 0.05) is 71.9 Å². The van der Waals surface area contributed by atoms with Crippen LogP contribution in [-0.2, 0) is 11.3 Å². The fourth-order valence-electron chi connectivity index (χ4n) is 3.48. The number of piperazine rings is 1. The van der Waals surface area contributed by atoms with E-state index in [4.69, 9.17) is 0 Å². The van der Waals surface area contributed by atoms with Gasteiger partial charge in [-0.1, -0.05) is 24.3 Å². The normalized spacial score (nSPS) is 15.1. The highest BCUT2D eigenvalue weighted by atomic mass is 127. The van der Waals surface area contributed by atoms with E-state index < -0.39 is 0 Å². The van der Waals surface area contributed by atoms with Crippen molar-refractivity contribution < 1.29 is 4.79 Å². The quantitative estimate of drug-likeness (QED) is 0.379. The molecular formula is C21H31IN6O. The van der Waals surface area contributed by atoms with Crippen LogP contribution in [0.1, 0.15) is 12.1 Å². The Hall–Kier alpha value is -1.94. The monoisotopic (exact) mass is 510 g/mol. The van der Waals surface area contributed by atoms with Crippen LogP contribution in [0.15, 0.2) is 41.5 Å². The van der Waals surface area contributed by atoms with Crippen LogP contribution < -0.4 is 5.32 Å². The Morgan fingerprint density at radius 1 is 1.17 bits per heavy atom. The van der Waals surface area contributed by atoms with Crippen molar-refractivity contribution in [3.05, 3.63) is 42.2 Å². The lowest BCUT2D eigenvalue weighted by Gasteiger charge is -2.36. The molecule has 158 valence electrons. The maximum atomic E-state index is 11.8. The van der Waals surface area contributed by atoms with E-state index in [2.05, 4.69) is 37.2 Å². The maximum Gasteiger partial charge on any atom is 0.223 e. The van der Waals surface area contributed by atoms with Crippen LogP contribution in [0, 0.1) is 0 Å². The number of aromatic nitrogens is 1. The van der Waals surface area contributed by atoms with Gasteiger partial charge in [0.2, 0.25) is 5.91 Å². The second-order valence-corrected chi connectivity index (χ2v) is 7.25. The second-order valence-electron chi connectivity index (χ2n) is 7.25. The number of hydrogen-bond acceptors (Lipinski definition) is 4. The summed E-state index contributed by atoms with van der Waals surface area (Å²) in [5.41, 5.74) is 1.03. The molecule has 1 aliphatic rings. The minimum absolute atomic E-state index is 0. The Balaban J connectivity index is 0.00000300. The predicted molar refractivity (Wildman–Crippen MR) is 129 cm³/mol. The first-order valence-electron chi connectivity index (χ1n) is 9.79. The van der Waals surface area contributed by atoms with Gasteiger partial charge in [0.05, 0.1) is 12.2 Å². The van der Waals surface area contributed by atoms with Crippen LogP contribution in [0.25, 0.3) is 10.8 Å². The average molecular weight is 510 g/mol. The standard InChI is InChI=1S/C21H30N6O.HI/c1-22-21(24-16-19-18-7-5-4-6-17(18)8-10-23-19)27-14-12-26(13-15-27)11-9-20(28)25(2)3;/h4-8,10H,9,11-16H2,1-3H3,(H,22,24);1H. The third-order valence-electron chi connectivity index (χ3n) is 5.19. The minimum Gasteiger partial charge on any atom is -0.351 e. The van der Waals surface area contributed by atoms with Crippen LogP contribution >= 0.6 is 24.0 Å². The summed E-state index contributed by atoms with van der Waals surface area (Å²) in [4.78, 5) is 27.0. The van der Waals surface area contributed by atoms with Gasteiger partial charge in [0.25, 0.3) is 0 Å². The molecule has 29 heavy (non-hydrogen) atoms. The van der Waals surface area contributed by atoms with E-state index >= 15 is 0 Å². The Bertz CT molecular complexity index is 828. The fraction of sp³-hybridized carbons (Fsp3) is 0.476. The molecule has 3 rings (SSSR count). The number of aliphatic imine (C=N–C) groups is 1. The molecule has 1 N–H and O–H groups in total. The zero-order valence-electron chi connectivity index (χ0n) is 17.5. The van der Waals surface area contributed by atoms with Crippen LogP contribution in [-0.4, -0.2) is 85.4 Å². The molecular weight excluding hydrogens is 479 g/mol. The lowest BCUT2D eigenvalue weighted by Crippen LogP contribution is -2.52. The molecule has 1 saturated heterocycles. The Kier molecular flexibility index (Phi) is 9.09. The number of guanidine groups is 1. The van der Waals surface area contributed by atoms with Crippen LogP contribution in [0.4, 0.5) is 0 Å². The lowest BCUT2D eigenvalue weighted by molar-refractivity contribution is -0.129. The summed E-state index contributed by atoms with van der Waals surface area (Å²) in [5.74, 6) is 1.08. The first kappa shape index (κ1) is 23.3. The molecule has 0 unspecified atom stereocenters. The van der Waals surface area contributed by atoms with Crippen molar-refractivity contribution in [2.75, 3.05) is 53.9 Å². The summed E-state index contributed by atoms with van der Waals surface area (Å²) in [6.07, 6.45) is 2.43. The van der Waals surface area contributed by atoms with Crippen LogP contribution in [0.5, 0.6) is 0 Å². The number of nitrogens with one attached hydrogen (secondary N) is 1. The number of nitrogens with zero attached hydrogens (tertiary/aromatic N) is 5. The summed E-state index contributed by atoms with van der Waals surface area (Å²) in [7, 11) is 5.43. The van der Waals surface area contributed by atoms with Crippen molar-refractivity contribution in [3.8, 4) is 0 Å². The summed E-state index contributed by atoms with van der Waals surface area (Å²) in [5, 5.41) is 5.83. The Labute approximate surface area is 190 Å². The average Bonchev–Trinajstić information content (AvgIpc) is 2.73. The van der Waals surface area contributed by atoms with Gasteiger partial charge in [0.1, 0.15) is 0 Å². The van der Waals surface area contributed by atoms with E-state index in [1.165, 1.54) is 10.8 Å². The van der Waals surface area contributed by atoms with Gasteiger partial charge >= 0.3 is 0 Å². The number of amides is 1. The minimum atomic E-state index is 0. The van der Waals surface area contributed by atoms with E-state index in [1.807, 2.05) is 31.4 Å². The molecule has 1 aromatic carbocycles. The van der Waals surface area contributed by atoms with Crippen molar-refractivity contribution in [1.29, 1.82) is 0 Å². The molecule has 0 aliphatic carbocycles. The molecule has 2 aromatic rings. The number of pyridine rings is 1. The van der Waals surface area contributed by atoms with E-state index in [-0.39, 0.29) is 29.9 Å². The number of carbonyl (C=O) groups is 1. The smallest absolute Gasteiger partial charge is 0.223 e. The maximum absolute atomic E-state index is 11.8. The third kappa shape index (κ3) is 6.27. The second kappa shape index (κ2) is 11.3. The first-order valence-corrected chi connectivity index (χ1v) is 9.79. The summed E-state index contributed by atoms with van der Waals surface area (Å²) in [6.45, 7) is 5.14. The van der Waals surface area contributed by atoms with Gasteiger partial charge in [-0.25, -0.2) is 0 Å². The molecule has 0 radical (unpaired) electrons. The Morgan fingerprint density at radius 3 is 2.59 bits per heavy atom. The molecule has 2 heterocycles. The summed E-state index contributed by atoms with van der Waals surface area (Å²) >= 11 is 0. The highest BCUT2D eigenvalue weighted by Gasteiger charge is 2.20. The zero-order valence-corrected chi connectivity index (χ0v) is 19.8. The van der Waals surface area contributed by atoms with E-state index in [1.54, 1.807) is 19.0 Å². The molecule has 1 aliphatic heterocycles. The van der Waals surface area contributed by atoms with Gasteiger partial charge in [-0.2, -0.15) is 0 Å². The first-order chi connectivity index (χ1) is 13.6. The molecule has 1 aromatic heterocycles. The van der Waals surface area contributed by atoms with Crippen molar-refractivity contribution in [1.82, 2.24) is 25.0 Å². The molecule has 0 bridgehead atoms. The molecule has 7 nitrogen and oxygen atoms in total. The SMILES string of the molecule is CN=C(NCc1nccc2ccccc12)N1CCN(CCC(=O)N(C)C)CC1.I. The van der Waals surface area contributed by atoms with E-state index in [0.717, 1.165) is 44.4 Å². The van der Waals surface area contributed by atoms with Gasteiger partial charge in [-0.3, -0.25) is 19.7 Å². The van der Waals surface area contributed by atoms with Crippen LogP contribution in [0.2, 0.25) is 0 Å². The lowest BCUT2D eigenvalue weighted by atomic mass is 10.1. The molecule has 1 amide bonds. The predicted octanol–water partition coefficient (Wildman–Crippen LogP) is 2.02. The molecule has 0 spiro atoms. The highest BCUT2D eigenvalue weighted by molar-refractivity contribution is 14.0. The van der Waals surface area contributed by atoms with E-state index in [0.29, 0.717) is 13.0 Å². The zero-order chi connectivity index (χ0) is 19.9.